The third kappa shape index (κ3) is 29.7. The van der Waals surface area contributed by atoms with Crippen LogP contribution < -0.4 is 0 Å². The molecule has 5 heteroatoms. The maximum Gasteiger partial charge on any atom is 0.306 e. The lowest BCUT2D eigenvalue weighted by Crippen LogP contribution is -2.28. The van der Waals surface area contributed by atoms with E-state index in [1.165, 1.54) is 122 Å². The Morgan fingerprint density at radius 1 is 0.487 bits per heavy atom. The fourth-order valence-electron chi connectivity index (χ4n) is 5.02. The predicted molar refractivity (Wildman–Crippen MR) is 164 cm³/mol. The molecule has 0 aliphatic rings. The van der Waals surface area contributed by atoms with E-state index >= 15 is 0 Å². The number of esters is 2. The van der Waals surface area contributed by atoms with Gasteiger partial charge in [-0.25, -0.2) is 0 Å². The van der Waals surface area contributed by atoms with Crippen molar-refractivity contribution in [2.75, 3.05) is 13.2 Å². The van der Waals surface area contributed by atoms with Gasteiger partial charge in [0.1, 0.15) is 6.61 Å². The van der Waals surface area contributed by atoms with E-state index in [1.807, 2.05) is 0 Å². The van der Waals surface area contributed by atoms with Crippen LogP contribution in [0.5, 0.6) is 0 Å². The molecule has 0 aromatic rings. The van der Waals surface area contributed by atoms with E-state index in [2.05, 4.69) is 13.8 Å². The van der Waals surface area contributed by atoms with Gasteiger partial charge in [0.05, 0.1) is 6.61 Å². The van der Waals surface area contributed by atoms with Crippen LogP contribution in [0.2, 0.25) is 0 Å². The van der Waals surface area contributed by atoms with Gasteiger partial charge in [0.2, 0.25) is 0 Å². The van der Waals surface area contributed by atoms with Crippen LogP contribution in [0.15, 0.2) is 0 Å². The molecule has 1 N–H and O–H groups in total. The molecular weight excluding hydrogens is 488 g/mol. The normalized spacial score (nSPS) is 12.0. The first kappa shape index (κ1) is 37.9. The van der Waals surface area contributed by atoms with Crippen molar-refractivity contribution in [1.29, 1.82) is 0 Å². The van der Waals surface area contributed by atoms with Crippen LogP contribution in [-0.4, -0.2) is 36.4 Å². The molecule has 1 atom stereocenters. The van der Waals surface area contributed by atoms with Crippen molar-refractivity contribution in [3.63, 3.8) is 0 Å². The van der Waals surface area contributed by atoms with Crippen LogP contribution in [0, 0.1) is 0 Å². The van der Waals surface area contributed by atoms with E-state index in [9.17, 15) is 14.7 Å². The monoisotopic (exact) mass is 554 g/mol. The van der Waals surface area contributed by atoms with Crippen LogP contribution >= 0.6 is 0 Å². The minimum atomic E-state index is -0.757. The molecule has 0 saturated carbocycles. The van der Waals surface area contributed by atoms with Crippen LogP contribution in [0.1, 0.15) is 187 Å². The highest BCUT2D eigenvalue weighted by atomic mass is 16.6. The van der Waals surface area contributed by atoms with Crippen LogP contribution in [0.25, 0.3) is 0 Å². The van der Waals surface area contributed by atoms with Crippen LogP contribution in [-0.2, 0) is 19.1 Å². The molecule has 0 bridgehead atoms. The van der Waals surface area contributed by atoms with Crippen molar-refractivity contribution >= 4 is 11.9 Å². The largest absolute Gasteiger partial charge is 0.462 e. The Balaban J connectivity index is 3.35. The number of aliphatic hydroxyl groups is 1. The molecule has 0 spiro atoms. The van der Waals surface area contributed by atoms with Gasteiger partial charge in [-0.15, -0.1) is 0 Å². The van der Waals surface area contributed by atoms with Gasteiger partial charge >= 0.3 is 11.9 Å². The summed E-state index contributed by atoms with van der Waals surface area (Å²) in [7, 11) is 0. The van der Waals surface area contributed by atoms with E-state index < -0.39 is 6.10 Å². The molecular formula is C34H66O5. The topological polar surface area (TPSA) is 72.8 Å². The molecule has 0 aliphatic carbocycles. The number of ether oxygens (including phenoxy) is 2. The van der Waals surface area contributed by atoms with Gasteiger partial charge < -0.3 is 14.6 Å². The molecule has 232 valence electrons. The van der Waals surface area contributed by atoms with E-state index in [4.69, 9.17) is 9.47 Å². The zero-order valence-corrected chi connectivity index (χ0v) is 26.2. The SMILES string of the molecule is CCCCCCCCCCCCCCCCCCCCCCCCC(=O)OC(CO)COC(=O)CCCCC. The Hall–Kier alpha value is -1.10. The number of unbranched alkanes of at least 4 members (excludes halogenated alkanes) is 23. The first-order valence-corrected chi connectivity index (χ1v) is 17.1. The molecule has 0 aromatic heterocycles. The highest BCUT2D eigenvalue weighted by Gasteiger charge is 2.16. The highest BCUT2D eigenvalue weighted by molar-refractivity contribution is 5.70. The lowest BCUT2D eigenvalue weighted by Gasteiger charge is -2.15. The first-order chi connectivity index (χ1) is 19.1. The van der Waals surface area contributed by atoms with Crippen molar-refractivity contribution in [2.45, 2.75) is 193 Å². The van der Waals surface area contributed by atoms with Gasteiger partial charge in [0.25, 0.3) is 0 Å². The van der Waals surface area contributed by atoms with Gasteiger partial charge in [-0.1, -0.05) is 162 Å². The second-order valence-corrected chi connectivity index (χ2v) is 11.6. The fraction of sp³-hybridized carbons (Fsp3) is 0.941. The molecule has 0 saturated heterocycles. The second-order valence-electron chi connectivity index (χ2n) is 11.6. The average molecular weight is 555 g/mol. The highest BCUT2D eigenvalue weighted by Crippen LogP contribution is 2.15. The third-order valence-electron chi connectivity index (χ3n) is 7.65. The Morgan fingerprint density at radius 3 is 1.18 bits per heavy atom. The molecule has 0 aromatic carbocycles. The summed E-state index contributed by atoms with van der Waals surface area (Å²) >= 11 is 0. The minimum Gasteiger partial charge on any atom is -0.462 e. The summed E-state index contributed by atoms with van der Waals surface area (Å²) in [4.78, 5) is 23.7. The molecule has 39 heavy (non-hydrogen) atoms. The number of hydrogen-bond acceptors (Lipinski definition) is 5. The van der Waals surface area contributed by atoms with Gasteiger partial charge in [-0.3, -0.25) is 9.59 Å². The Labute approximate surface area is 242 Å². The molecule has 0 heterocycles. The van der Waals surface area contributed by atoms with Crippen LogP contribution in [0.3, 0.4) is 0 Å². The summed E-state index contributed by atoms with van der Waals surface area (Å²) in [6.45, 7) is 3.98. The van der Waals surface area contributed by atoms with Crippen molar-refractivity contribution in [2.24, 2.45) is 0 Å². The molecule has 1 unspecified atom stereocenters. The summed E-state index contributed by atoms with van der Waals surface area (Å²) in [5, 5.41) is 9.39. The van der Waals surface area contributed by atoms with E-state index in [0.717, 1.165) is 38.5 Å². The fourth-order valence-corrected chi connectivity index (χ4v) is 5.02. The predicted octanol–water partition coefficient (Wildman–Crippen LogP) is 10.0. The van der Waals surface area contributed by atoms with E-state index in [0.29, 0.717) is 12.8 Å². The number of carbonyl (C=O) groups excluding carboxylic acids is 2. The summed E-state index contributed by atoms with van der Waals surface area (Å²) in [6.07, 6.45) is 32.4. The number of hydrogen-bond donors (Lipinski definition) is 1. The quantitative estimate of drug-likeness (QED) is 0.0681. The average Bonchev–Trinajstić information content (AvgIpc) is 2.93. The molecule has 0 amide bonds. The zero-order chi connectivity index (χ0) is 28.7. The third-order valence-corrected chi connectivity index (χ3v) is 7.65. The number of rotatable bonds is 31. The lowest BCUT2D eigenvalue weighted by atomic mass is 10.0. The summed E-state index contributed by atoms with van der Waals surface area (Å²) in [6, 6.07) is 0. The zero-order valence-electron chi connectivity index (χ0n) is 26.2. The van der Waals surface area contributed by atoms with Gasteiger partial charge in [0, 0.05) is 12.8 Å². The molecule has 0 radical (unpaired) electrons. The molecule has 0 aliphatic heterocycles. The number of aliphatic hydroxyl groups excluding tert-OH is 1. The standard InChI is InChI=1S/C34H66O5/c1-3-5-7-8-9-10-11-12-13-14-15-16-17-18-19-20-21-22-23-24-25-27-29-34(37)39-32(30-35)31-38-33(36)28-26-6-4-2/h32,35H,3-31H2,1-2H3. The van der Waals surface area contributed by atoms with Crippen molar-refractivity contribution in [3.8, 4) is 0 Å². The molecule has 0 rings (SSSR count). The van der Waals surface area contributed by atoms with Crippen molar-refractivity contribution < 1.29 is 24.2 Å². The molecule has 5 nitrogen and oxygen atoms in total. The Bertz CT molecular complexity index is 522. The Kier molecular flexibility index (Phi) is 30.5. The van der Waals surface area contributed by atoms with E-state index in [-0.39, 0.29) is 25.2 Å². The first-order valence-electron chi connectivity index (χ1n) is 17.1. The maximum absolute atomic E-state index is 12.0. The molecule has 0 fully saturated rings. The van der Waals surface area contributed by atoms with Crippen molar-refractivity contribution in [3.05, 3.63) is 0 Å². The number of carbonyl (C=O) groups is 2. The van der Waals surface area contributed by atoms with Crippen molar-refractivity contribution in [1.82, 2.24) is 0 Å². The smallest absolute Gasteiger partial charge is 0.306 e. The van der Waals surface area contributed by atoms with Gasteiger partial charge in [-0.05, 0) is 12.8 Å². The lowest BCUT2D eigenvalue weighted by molar-refractivity contribution is -0.161. The maximum atomic E-state index is 12.0. The minimum absolute atomic E-state index is 0.0629. The van der Waals surface area contributed by atoms with Gasteiger partial charge in [-0.2, -0.15) is 0 Å². The summed E-state index contributed by atoms with van der Waals surface area (Å²) in [5.41, 5.74) is 0. The van der Waals surface area contributed by atoms with Gasteiger partial charge in [0.15, 0.2) is 6.10 Å². The summed E-state index contributed by atoms with van der Waals surface area (Å²) < 4.78 is 10.4. The van der Waals surface area contributed by atoms with E-state index in [1.54, 1.807) is 0 Å². The van der Waals surface area contributed by atoms with Crippen LogP contribution in [0.4, 0.5) is 0 Å². The Morgan fingerprint density at radius 2 is 0.795 bits per heavy atom. The summed E-state index contributed by atoms with van der Waals surface area (Å²) in [5.74, 6) is -0.609. The second kappa shape index (κ2) is 31.4.